The second-order valence-electron chi connectivity index (χ2n) is 4.16. The number of β-amino-alcohol motifs (C(OH)–C–C–N with tert-alkyl or cyclic N) is 1. The third kappa shape index (κ3) is 3.51. The number of nitrogens with zero attached hydrogens (tertiary/aromatic N) is 1. The van der Waals surface area contributed by atoms with Crippen molar-refractivity contribution in [1.29, 1.82) is 0 Å². The number of carbonyl (C=O) groups excluding carboxylic acids is 1. The summed E-state index contributed by atoms with van der Waals surface area (Å²) in [4.78, 5) is 12.9. The number of halogens is 1. The Morgan fingerprint density at radius 3 is 2.12 bits per heavy atom. The van der Waals surface area contributed by atoms with Gasteiger partial charge in [-0.05, 0) is 0 Å². The van der Waals surface area contributed by atoms with E-state index < -0.39 is 36.4 Å². The first-order chi connectivity index (χ1) is 7.36. The molecule has 0 saturated carbocycles. The van der Waals surface area contributed by atoms with Crippen LogP contribution in [-0.2, 0) is 4.79 Å². The van der Waals surface area contributed by atoms with Crippen molar-refractivity contribution in [1.82, 2.24) is 10.2 Å². The molecule has 0 unspecified atom stereocenters. The zero-order valence-electron chi connectivity index (χ0n) is 9.65. The largest absolute Gasteiger partial charge is 0.389 e. The average molecular weight is 271 g/mol. The van der Waals surface area contributed by atoms with Gasteiger partial charge in [-0.1, -0.05) is 0 Å². The van der Waals surface area contributed by atoms with Gasteiger partial charge in [-0.15, -0.1) is 12.4 Å². The Morgan fingerprint density at radius 2 is 1.65 bits per heavy atom. The molecule has 0 aromatic heterocycles. The van der Waals surface area contributed by atoms with Crippen molar-refractivity contribution in [2.45, 2.75) is 30.5 Å². The van der Waals surface area contributed by atoms with E-state index in [1.165, 1.54) is 19.0 Å². The average Bonchev–Trinajstić information content (AvgIpc) is 2.33. The third-order valence-electron chi connectivity index (χ3n) is 2.69. The summed E-state index contributed by atoms with van der Waals surface area (Å²) in [6.45, 7) is -0.0699. The zero-order valence-corrected chi connectivity index (χ0v) is 10.5. The Hall–Kier alpha value is -0.440. The lowest BCUT2D eigenvalue weighted by Crippen LogP contribution is -2.54. The number of hydrogen-bond acceptors (Lipinski definition) is 6. The van der Waals surface area contributed by atoms with Crippen LogP contribution in [0.4, 0.5) is 0 Å². The van der Waals surface area contributed by atoms with Crippen molar-refractivity contribution in [2.75, 3.05) is 20.6 Å². The van der Waals surface area contributed by atoms with E-state index in [0.717, 1.165) is 0 Å². The van der Waals surface area contributed by atoms with E-state index >= 15 is 0 Å². The minimum atomic E-state index is -1.56. The molecule has 17 heavy (non-hydrogen) atoms. The topological polar surface area (TPSA) is 113 Å². The fraction of sp³-hybridized carbons (Fsp3) is 0.889. The van der Waals surface area contributed by atoms with E-state index in [4.69, 9.17) is 0 Å². The molecule has 5 N–H and O–H groups in total. The number of amides is 1. The van der Waals surface area contributed by atoms with Crippen molar-refractivity contribution >= 4 is 18.3 Å². The summed E-state index contributed by atoms with van der Waals surface area (Å²) in [7, 11) is 3.03. The molecule has 0 aromatic carbocycles. The van der Waals surface area contributed by atoms with Gasteiger partial charge < -0.3 is 30.6 Å². The minimum Gasteiger partial charge on any atom is -0.389 e. The summed E-state index contributed by atoms with van der Waals surface area (Å²) in [5.74, 6) is -0.423. The lowest BCUT2D eigenvalue weighted by molar-refractivity contribution is -0.138. The zero-order chi connectivity index (χ0) is 12.5. The molecule has 1 aliphatic heterocycles. The first-order valence-electron chi connectivity index (χ1n) is 5.03. The summed E-state index contributed by atoms with van der Waals surface area (Å²) >= 11 is 0. The molecule has 8 heteroatoms. The monoisotopic (exact) mass is 270 g/mol. The molecular formula is C9H19ClN2O5. The van der Waals surface area contributed by atoms with Crippen molar-refractivity contribution < 1.29 is 25.2 Å². The molecule has 5 atom stereocenters. The maximum Gasteiger partial charge on any atom is 0.241 e. The smallest absolute Gasteiger partial charge is 0.241 e. The normalized spacial score (nSPS) is 37.9. The number of aliphatic hydroxyl groups excluding tert-OH is 4. The van der Waals surface area contributed by atoms with E-state index in [1.807, 2.05) is 0 Å². The van der Waals surface area contributed by atoms with Crippen LogP contribution in [0.2, 0.25) is 0 Å². The van der Waals surface area contributed by atoms with E-state index in [-0.39, 0.29) is 19.0 Å². The van der Waals surface area contributed by atoms with Gasteiger partial charge in [0.1, 0.15) is 24.4 Å². The second-order valence-corrected chi connectivity index (χ2v) is 4.16. The molecule has 1 aliphatic rings. The highest BCUT2D eigenvalue weighted by Gasteiger charge is 2.41. The summed E-state index contributed by atoms with van der Waals surface area (Å²) < 4.78 is 0. The van der Waals surface area contributed by atoms with Gasteiger partial charge in [0, 0.05) is 20.6 Å². The predicted molar refractivity (Wildman–Crippen MR) is 61.8 cm³/mol. The molecule has 0 bridgehead atoms. The molecule has 1 amide bonds. The molecule has 0 radical (unpaired) electrons. The van der Waals surface area contributed by atoms with Gasteiger partial charge in [0.15, 0.2) is 0 Å². The SMILES string of the molecule is CN(C)C(=O)[C@H]1NC[C@@H](O)[C@@H](O)[C@H](O)[C@@H]1O.Cl. The Balaban J connectivity index is 0.00000256. The highest BCUT2D eigenvalue weighted by molar-refractivity contribution is 5.85. The van der Waals surface area contributed by atoms with Gasteiger partial charge in [0.25, 0.3) is 0 Å². The molecule has 1 saturated heterocycles. The predicted octanol–water partition coefficient (Wildman–Crippen LogP) is -3.09. The summed E-state index contributed by atoms with van der Waals surface area (Å²) in [5, 5.41) is 40.6. The molecule has 1 fully saturated rings. The third-order valence-corrected chi connectivity index (χ3v) is 2.69. The number of nitrogens with one attached hydrogen (secondary N) is 1. The molecule has 0 spiro atoms. The quantitative estimate of drug-likeness (QED) is 0.345. The number of aliphatic hydroxyl groups is 4. The second kappa shape index (κ2) is 6.48. The molecule has 102 valence electrons. The van der Waals surface area contributed by atoms with Crippen LogP contribution >= 0.6 is 12.4 Å². The Bertz CT molecular complexity index is 266. The van der Waals surface area contributed by atoms with Gasteiger partial charge in [-0.2, -0.15) is 0 Å². The first kappa shape index (κ1) is 16.6. The van der Waals surface area contributed by atoms with Gasteiger partial charge in [-0.25, -0.2) is 0 Å². The maximum absolute atomic E-state index is 11.6. The Labute approximate surface area is 105 Å². The summed E-state index contributed by atoms with van der Waals surface area (Å²) in [6, 6.07) is -1.03. The van der Waals surface area contributed by atoms with Gasteiger partial charge >= 0.3 is 0 Å². The lowest BCUT2D eigenvalue weighted by atomic mass is 10.0. The van der Waals surface area contributed by atoms with Gasteiger partial charge in [0.2, 0.25) is 5.91 Å². The van der Waals surface area contributed by atoms with Gasteiger partial charge in [-0.3, -0.25) is 4.79 Å². The van der Waals surface area contributed by atoms with Crippen LogP contribution in [-0.4, -0.2) is 82.3 Å². The number of carbonyl (C=O) groups is 1. The van der Waals surface area contributed by atoms with Crippen LogP contribution < -0.4 is 5.32 Å². The fourth-order valence-corrected chi connectivity index (χ4v) is 1.63. The van der Waals surface area contributed by atoms with Crippen molar-refractivity contribution in [3.05, 3.63) is 0 Å². The fourth-order valence-electron chi connectivity index (χ4n) is 1.63. The summed E-state index contributed by atoms with van der Waals surface area (Å²) in [5.41, 5.74) is 0. The standard InChI is InChI=1S/C9H18N2O5.ClH/c1-11(2)9(16)5-7(14)8(15)6(13)4(12)3-10-5;/h4-8,10,12-15H,3H2,1-2H3;1H/t4-,5+,6-,7-,8+;/m1./s1. The van der Waals surface area contributed by atoms with Crippen LogP contribution in [0.25, 0.3) is 0 Å². The van der Waals surface area contributed by atoms with E-state index in [9.17, 15) is 25.2 Å². The van der Waals surface area contributed by atoms with Crippen LogP contribution in [0, 0.1) is 0 Å². The number of hydrogen-bond donors (Lipinski definition) is 5. The summed E-state index contributed by atoms with van der Waals surface area (Å²) in [6.07, 6.45) is -5.70. The molecular weight excluding hydrogens is 252 g/mol. The van der Waals surface area contributed by atoms with Crippen LogP contribution in [0.15, 0.2) is 0 Å². The van der Waals surface area contributed by atoms with Gasteiger partial charge in [0.05, 0.1) is 6.10 Å². The van der Waals surface area contributed by atoms with E-state index in [0.29, 0.717) is 0 Å². The molecule has 0 aliphatic carbocycles. The highest BCUT2D eigenvalue weighted by atomic mass is 35.5. The molecule has 1 rings (SSSR count). The van der Waals surface area contributed by atoms with Crippen molar-refractivity contribution in [2.24, 2.45) is 0 Å². The van der Waals surface area contributed by atoms with Crippen LogP contribution in [0.5, 0.6) is 0 Å². The maximum atomic E-state index is 11.6. The molecule has 1 heterocycles. The van der Waals surface area contributed by atoms with Crippen molar-refractivity contribution in [3.63, 3.8) is 0 Å². The number of rotatable bonds is 1. The lowest BCUT2D eigenvalue weighted by Gasteiger charge is -2.27. The highest BCUT2D eigenvalue weighted by Crippen LogP contribution is 2.13. The molecule has 7 nitrogen and oxygen atoms in total. The van der Waals surface area contributed by atoms with Crippen molar-refractivity contribution in [3.8, 4) is 0 Å². The molecule has 0 aromatic rings. The van der Waals surface area contributed by atoms with E-state index in [2.05, 4.69) is 5.32 Å². The number of likely N-dealkylation sites (N-methyl/N-ethyl adjacent to an activating group) is 1. The Kier molecular flexibility index (Phi) is 6.31. The van der Waals surface area contributed by atoms with E-state index in [1.54, 1.807) is 0 Å². The van der Waals surface area contributed by atoms with Crippen LogP contribution in [0.3, 0.4) is 0 Å². The minimum absolute atomic E-state index is 0. The Morgan fingerprint density at radius 1 is 1.12 bits per heavy atom. The van der Waals surface area contributed by atoms with Crippen LogP contribution in [0.1, 0.15) is 0 Å². The first-order valence-corrected chi connectivity index (χ1v) is 5.03.